The van der Waals surface area contributed by atoms with Gasteiger partial charge in [-0.2, -0.15) is 13.5 Å². The summed E-state index contributed by atoms with van der Waals surface area (Å²) in [6.45, 7) is 6.19. The first kappa shape index (κ1) is 14.9. The lowest BCUT2D eigenvalue weighted by atomic mass is 10.2. The lowest BCUT2D eigenvalue weighted by Gasteiger charge is -2.09. The largest absolute Gasteiger partial charge is 0.310 e. The fraction of sp³-hybridized carbons (Fsp3) is 0.500. The van der Waals surface area contributed by atoms with Gasteiger partial charge in [0.2, 0.25) is 10.2 Å². The molecule has 0 bridgehead atoms. The van der Waals surface area contributed by atoms with Crippen LogP contribution in [0.25, 0.3) is 0 Å². The highest BCUT2D eigenvalue weighted by atomic mass is 32.2. The Morgan fingerprint density at radius 1 is 1.45 bits per heavy atom. The maximum absolute atomic E-state index is 12.3. The maximum Gasteiger partial charge on any atom is 0.283 e. The summed E-state index contributed by atoms with van der Waals surface area (Å²) in [6, 6.07) is 0.246. The number of sulfonamides is 1. The third-order valence-electron chi connectivity index (χ3n) is 2.56. The first-order valence-corrected chi connectivity index (χ1v) is 8.32. The van der Waals surface area contributed by atoms with Crippen molar-refractivity contribution in [2.45, 2.75) is 38.4 Å². The van der Waals surface area contributed by atoms with Gasteiger partial charge in [-0.3, -0.25) is 9.82 Å². The van der Waals surface area contributed by atoms with E-state index >= 15 is 0 Å². The molecule has 20 heavy (non-hydrogen) atoms. The standard InChI is InChI=1S/C10H16N6O2S2/c1-6(2)11-4-8-7(3)13-14-9(8)20(17,18)16-10-15-12-5-19-10/h5-6,11H,4H2,1-3H3,(H,13,14)(H,15,16). The first-order valence-electron chi connectivity index (χ1n) is 5.96. The summed E-state index contributed by atoms with van der Waals surface area (Å²) in [5, 5.41) is 17.2. The predicted molar refractivity (Wildman–Crippen MR) is 76.0 cm³/mol. The Balaban J connectivity index is 2.27. The molecule has 0 saturated heterocycles. The molecule has 2 aromatic rings. The van der Waals surface area contributed by atoms with Gasteiger partial charge in [0.15, 0.2) is 0 Å². The van der Waals surface area contributed by atoms with Gasteiger partial charge in [-0.15, -0.1) is 10.2 Å². The number of aromatic amines is 1. The number of aromatic nitrogens is 4. The second-order valence-electron chi connectivity index (χ2n) is 4.52. The molecular formula is C10H16N6O2S2. The molecule has 0 aromatic carbocycles. The van der Waals surface area contributed by atoms with Crippen LogP contribution in [0.1, 0.15) is 25.1 Å². The average molecular weight is 316 g/mol. The SMILES string of the molecule is Cc1[nH]nc(S(=O)(=O)Nc2nncs2)c1CNC(C)C. The van der Waals surface area contributed by atoms with Gasteiger partial charge in [0.1, 0.15) is 5.51 Å². The Morgan fingerprint density at radius 3 is 2.80 bits per heavy atom. The molecule has 8 nitrogen and oxygen atoms in total. The highest BCUT2D eigenvalue weighted by Gasteiger charge is 2.24. The van der Waals surface area contributed by atoms with Gasteiger partial charge < -0.3 is 5.32 Å². The minimum absolute atomic E-state index is 0.0154. The Labute approximate surface area is 121 Å². The molecule has 0 radical (unpaired) electrons. The molecule has 2 heterocycles. The molecule has 0 aliphatic rings. The zero-order valence-corrected chi connectivity index (χ0v) is 13.0. The Bertz CT molecular complexity index is 662. The Hall–Kier alpha value is -1.52. The van der Waals surface area contributed by atoms with Crippen molar-refractivity contribution in [2.24, 2.45) is 0 Å². The monoisotopic (exact) mass is 316 g/mol. The van der Waals surface area contributed by atoms with E-state index < -0.39 is 10.0 Å². The highest BCUT2D eigenvalue weighted by Crippen LogP contribution is 2.20. The fourth-order valence-electron chi connectivity index (χ4n) is 1.55. The summed E-state index contributed by atoms with van der Waals surface area (Å²) in [6.07, 6.45) is 0. The maximum atomic E-state index is 12.3. The van der Waals surface area contributed by atoms with E-state index in [4.69, 9.17) is 0 Å². The summed E-state index contributed by atoms with van der Waals surface area (Å²) in [7, 11) is -3.77. The number of nitrogens with one attached hydrogen (secondary N) is 3. The van der Waals surface area contributed by atoms with Crippen LogP contribution in [0.3, 0.4) is 0 Å². The minimum atomic E-state index is -3.77. The summed E-state index contributed by atoms with van der Waals surface area (Å²) < 4.78 is 27.0. The predicted octanol–water partition coefficient (Wildman–Crippen LogP) is 0.868. The zero-order valence-electron chi connectivity index (χ0n) is 11.3. The van der Waals surface area contributed by atoms with Gasteiger partial charge in [0.05, 0.1) is 0 Å². The van der Waals surface area contributed by atoms with Crippen molar-refractivity contribution >= 4 is 26.5 Å². The summed E-state index contributed by atoms with van der Waals surface area (Å²) in [5.41, 5.74) is 2.79. The van der Waals surface area contributed by atoms with Crippen molar-refractivity contribution < 1.29 is 8.42 Å². The molecule has 2 rings (SSSR count). The molecular weight excluding hydrogens is 300 g/mol. The molecule has 10 heteroatoms. The van der Waals surface area contributed by atoms with Crippen LogP contribution in [0.15, 0.2) is 10.5 Å². The highest BCUT2D eigenvalue weighted by molar-refractivity contribution is 7.92. The molecule has 0 saturated carbocycles. The van der Waals surface area contributed by atoms with Crippen molar-refractivity contribution in [3.63, 3.8) is 0 Å². The van der Waals surface area contributed by atoms with E-state index in [2.05, 4.69) is 30.4 Å². The van der Waals surface area contributed by atoms with Gasteiger partial charge in [0.25, 0.3) is 10.0 Å². The van der Waals surface area contributed by atoms with Gasteiger partial charge in [-0.1, -0.05) is 25.2 Å². The van der Waals surface area contributed by atoms with Crippen molar-refractivity contribution in [3.8, 4) is 0 Å². The topological polar surface area (TPSA) is 113 Å². The van der Waals surface area contributed by atoms with Crippen molar-refractivity contribution in [1.29, 1.82) is 0 Å². The van der Waals surface area contributed by atoms with E-state index in [-0.39, 0.29) is 16.2 Å². The first-order chi connectivity index (χ1) is 9.40. The van der Waals surface area contributed by atoms with E-state index in [1.807, 2.05) is 13.8 Å². The van der Waals surface area contributed by atoms with Gasteiger partial charge >= 0.3 is 0 Å². The zero-order chi connectivity index (χ0) is 14.8. The minimum Gasteiger partial charge on any atom is -0.310 e. The van der Waals surface area contributed by atoms with E-state index in [1.165, 1.54) is 5.51 Å². The number of aryl methyl sites for hydroxylation is 1. The van der Waals surface area contributed by atoms with E-state index in [9.17, 15) is 8.42 Å². The van der Waals surface area contributed by atoms with Gasteiger partial charge in [-0.25, -0.2) is 0 Å². The van der Waals surface area contributed by atoms with Crippen LogP contribution in [-0.2, 0) is 16.6 Å². The molecule has 0 atom stereocenters. The molecule has 0 aliphatic carbocycles. The Kier molecular flexibility index (Phi) is 4.35. The van der Waals surface area contributed by atoms with Gasteiger partial charge in [-0.05, 0) is 6.92 Å². The number of hydrogen-bond acceptors (Lipinski definition) is 7. The number of nitrogens with zero attached hydrogens (tertiary/aromatic N) is 3. The van der Waals surface area contributed by atoms with Crippen LogP contribution in [0, 0.1) is 6.92 Å². The quantitative estimate of drug-likeness (QED) is 0.729. The molecule has 2 aromatic heterocycles. The molecule has 0 fully saturated rings. The fourth-order valence-corrected chi connectivity index (χ4v) is 3.44. The van der Waals surface area contributed by atoms with E-state index in [0.29, 0.717) is 12.1 Å². The van der Waals surface area contributed by atoms with Crippen LogP contribution >= 0.6 is 11.3 Å². The summed E-state index contributed by atoms with van der Waals surface area (Å²) in [4.78, 5) is 0. The van der Waals surface area contributed by atoms with E-state index in [0.717, 1.165) is 17.0 Å². The number of H-pyrrole nitrogens is 1. The molecule has 0 unspecified atom stereocenters. The third-order valence-corrected chi connectivity index (χ3v) is 4.60. The van der Waals surface area contributed by atoms with Crippen molar-refractivity contribution in [3.05, 3.63) is 16.8 Å². The van der Waals surface area contributed by atoms with Crippen LogP contribution in [0.2, 0.25) is 0 Å². The molecule has 3 N–H and O–H groups in total. The normalized spacial score (nSPS) is 12.0. The molecule has 0 amide bonds. The van der Waals surface area contributed by atoms with E-state index in [1.54, 1.807) is 6.92 Å². The number of anilines is 1. The molecule has 0 aliphatic heterocycles. The lowest BCUT2D eigenvalue weighted by molar-refractivity contribution is 0.574. The van der Waals surface area contributed by atoms with Crippen molar-refractivity contribution in [2.75, 3.05) is 4.72 Å². The average Bonchev–Trinajstić information content (AvgIpc) is 2.96. The molecule has 0 spiro atoms. The lowest BCUT2D eigenvalue weighted by Crippen LogP contribution is -2.24. The molecule has 110 valence electrons. The van der Waals surface area contributed by atoms with Gasteiger partial charge in [0, 0.05) is 23.8 Å². The van der Waals surface area contributed by atoms with Crippen LogP contribution in [0.4, 0.5) is 5.13 Å². The third kappa shape index (κ3) is 3.32. The van der Waals surface area contributed by atoms with Crippen molar-refractivity contribution in [1.82, 2.24) is 25.7 Å². The second-order valence-corrected chi connectivity index (χ2v) is 6.95. The number of hydrogen-bond donors (Lipinski definition) is 3. The number of rotatable bonds is 6. The van der Waals surface area contributed by atoms with Crippen LogP contribution < -0.4 is 10.0 Å². The summed E-state index contributed by atoms with van der Waals surface area (Å²) in [5.74, 6) is 0. The summed E-state index contributed by atoms with van der Waals surface area (Å²) >= 11 is 1.11. The Morgan fingerprint density at radius 2 is 2.20 bits per heavy atom. The smallest absolute Gasteiger partial charge is 0.283 e. The van der Waals surface area contributed by atoms with Crippen LogP contribution in [-0.4, -0.2) is 34.9 Å². The second kappa shape index (κ2) is 5.85. The van der Waals surface area contributed by atoms with Crippen LogP contribution in [0.5, 0.6) is 0 Å².